The summed E-state index contributed by atoms with van der Waals surface area (Å²) in [5.41, 5.74) is -0.972. The second kappa shape index (κ2) is 5.52. The van der Waals surface area contributed by atoms with Crippen molar-refractivity contribution in [3.05, 3.63) is 35.4 Å². The molecule has 1 aliphatic rings. The first-order chi connectivity index (χ1) is 9.45. The molecular weight excluding hydrogens is 275 g/mol. The molecule has 20 heavy (non-hydrogen) atoms. The summed E-state index contributed by atoms with van der Waals surface area (Å²) in [6.07, 6.45) is -4.66. The van der Waals surface area contributed by atoms with Crippen molar-refractivity contribution in [3.63, 3.8) is 0 Å². The Hall–Kier alpha value is -2.05. The van der Waals surface area contributed by atoms with Gasteiger partial charge in [0.1, 0.15) is 0 Å². The molecule has 0 unspecified atom stereocenters. The Kier molecular flexibility index (Phi) is 3.96. The number of ether oxygens (including phenoxy) is 2. The number of nitrogens with zero attached hydrogens (tertiary/aromatic N) is 1. The third-order valence-corrected chi connectivity index (χ3v) is 2.82. The van der Waals surface area contributed by atoms with Crippen molar-refractivity contribution >= 4 is 12.4 Å². The molecule has 0 fully saturated rings. The van der Waals surface area contributed by atoms with Crippen molar-refractivity contribution in [2.45, 2.75) is 25.2 Å². The number of halogens is 3. The smallest absolute Gasteiger partial charge is 0.416 e. The lowest BCUT2D eigenvalue weighted by Gasteiger charge is -2.20. The molecule has 1 aromatic rings. The molecule has 0 spiro atoms. The SMILES string of the molecule is CCOC(=O)[C@H]1N=CO[C@@H]1c1ccccc1C(F)(F)F. The van der Waals surface area contributed by atoms with Crippen molar-refractivity contribution < 1.29 is 27.4 Å². The van der Waals surface area contributed by atoms with Gasteiger partial charge in [-0.15, -0.1) is 0 Å². The lowest BCUT2D eigenvalue weighted by Crippen LogP contribution is -2.27. The molecule has 2 rings (SSSR count). The molecule has 1 aliphatic heterocycles. The topological polar surface area (TPSA) is 47.9 Å². The summed E-state index contributed by atoms with van der Waals surface area (Å²) in [5.74, 6) is -0.705. The van der Waals surface area contributed by atoms with Crippen LogP contribution in [0.1, 0.15) is 24.2 Å². The highest BCUT2D eigenvalue weighted by atomic mass is 19.4. The molecule has 0 amide bonds. The van der Waals surface area contributed by atoms with Gasteiger partial charge in [-0.3, -0.25) is 0 Å². The van der Waals surface area contributed by atoms with Crippen LogP contribution in [0.2, 0.25) is 0 Å². The third-order valence-electron chi connectivity index (χ3n) is 2.82. The molecule has 0 saturated carbocycles. The van der Waals surface area contributed by atoms with Gasteiger partial charge in [-0.25, -0.2) is 9.79 Å². The van der Waals surface area contributed by atoms with Gasteiger partial charge in [-0.2, -0.15) is 13.2 Å². The molecule has 108 valence electrons. The standard InChI is InChI=1S/C13H12F3NO3/c1-2-19-12(18)10-11(20-7-17-10)8-5-3-4-6-9(8)13(14,15)16/h3-7,10-11H,2H2,1H3/t10-,11+/m0/s1. The number of alkyl halides is 3. The van der Waals surface area contributed by atoms with Crippen LogP contribution in [0.25, 0.3) is 0 Å². The van der Waals surface area contributed by atoms with Crippen molar-refractivity contribution in [3.8, 4) is 0 Å². The molecule has 0 radical (unpaired) electrons. The summed E-state index contributed by atoms with van der Waals surface area (Å²) < 4.78 is 48.7. The van der Waals surface area contributed by atoms with Crippen LogP contribution in [0.3, 0.4) is 0 Å². The number of hydrogen-bond donors (Lipinski definition) is 0. The van der Waals surface area contributed by atoms with Crippen LogP contribution in [0, 0.1) is 0 Å². The van der Waals surface area contributed by atoms with Crippen molar-refractivity contribution in [2.75, 3.05) is 6.61 Å². The van der Waals surface area contributed by atoms with Crippen LogP contribution < -0.4 is 0 Å². The van der Waals surface area contributed by atoms with E-state index >= 15 is 0 Å². The highest BCUT2D eigenvalue weighted by Crippen LogP contribution is 2.38. The minimum Gasteiger partial charge on any atom is -0.473 e. The molecule has 0 aromatic heterocycles. The number of carbonyl (C=O) groups is 1. The molecule has 1 aromatic carbocycles. The monoisotopic (exact) mass is 287 g/mol. The van der Waals surface area contributed by atoms with Crippen molar-refractivity contribution in [2.24, 2.45) is 4.99 Å². The fourth-order valence-electron chi connectivity index (χ4n) is 1.98. The summed E-state index contributed by atoms with van der Waals surface area (Å²) in [7, 11) is 0. The number of rotatable bonds is 3. The molecular formula is C13H12F3NO3. The Balaban J connectivity index is 2.34. The van der Waals surface area contributed by atoms with Crippen LogP contribution in [0.4, 0.5) is 13.2 Å². The molecule has 4 nitrogen and oxygen atoms in total. The Morgan fingerprint density at radius 3 is 2.75 bits per heavy atom. The van der Waals surface area contributed by atoms with Crippen molar-refractivity contribution in [1.29, 1.82) is 0 Å². The molecule has 0 bridgehead atoms. The zero-order chi connectivity index (χ0) is 14.8. The second-order valence-corrected chi connectivity index (χ2v) is 4.09. The zero-order valence-corrected chi connectivity index (χ0v) is 10.6. The first kappa shape index (κ1) is 14.4. The summed E-state index contributed by atoms with van der Waals surface area (Å²) in [6, 6.07) is 3.84. The Bertz CT molecular complexity index is 528. The molecule has 1 heterocycles. The number of carbonyl (C=O) groups excluding carboxylic acids is 1. The van der Waals surface area contributed by atoms with E-state index in [1.165, 1.54) is 18.2 Å². The fraction of sp³-hybridized carbons (Fsp3) is 0.385. The van der Waals surface area contributed by atoms with Gasteiger partial charge in [-0.1, -0.05) is 18.2 Å². The van der Waals surface area contributed by atoms with E-state index in [4.69, 9.17) is 9.47 Å². The fourth-order valence-corrected chi connectivity index (χ4v) is 1.98. The maximum absolute atomic E-state index is 13.0. The van der Waals surface area contributed by atoms with Gasteiger partial charge in [-0.05, 0) is 13.0 Å². The van der Waals surface area contributed by atoms with E-state index in [9.17, 15) is 18.0 Å². The maximum atomic E-state index is 13.0. The van der Waals surface area contributed by atoms with E-state index in [0.29, 0.717) is 0 Å². The van der Waals surface area contributed by atoms with E-state index in [-0.39, 0.29) is 12.2 Å². The van der Waals surface area contributed by atoms with Gasteiger partial charge < -0.3 is 9.47 Å². The third kappa shape index (κ3) is 2.76. The van der Waals surface area contributed by atoms with Crippen molar-refractivity contribution in [1.82, 2.24) is 0 Å². The van der Waals surface area contributed by atoms with Crippen LogP contribution in [-0.4, -0.2) is 25.0 Å². The molecule has 0 N–H and O–H groups in total. The summed E-state index contributed by atoms with van der Waals surface area (Å²) in [4.78, 5) is 15.4. The van der Waals surface area contributed by atoms with Gasteiger partial charge in [0.2, 0.25) is 0 Å². The lowest BCUT2D eigenvalue weighted by atomic mass is 9.97. The average Bonchev–Trinajstić information content (AvgIpc) is 2.87. The van der Waals surface area contributed by atoms with Crippen LogP contribution in [-0.2, 0) is 20.4 Å². The number of benzene rings is 1. The minimum absolute atomic E-state index is 0.124. The molecule has 0 aliphatic carbocycles. The average molecular weight is 287 g/mol. The van der Waals surface area contributed by atoms with E-state index in [1.54, 1.807) is 6.92 Å². The lowest BCUT2D eigenvalue weighted by molar-refractivity contribution is -0.147. The second-order valence-electron chi connectivity index (χ2n) is 4.09. The Morgan fingerprint density at radius 2 is 2.10 bits per heavy atom. The molecule has 7 heteroatoms. The predicted molar refractivity (Wildman–Crippen MR) is 64.2 cm³/mol. The highest BCUT2D eigenvalue weighted by molar-refractivity contribution is 5.80. The Labute approximate surface area is 113 Å². The van der Waals surface area contributed by atoms with Crippen LogP contribution in [0.5, 0.6) is 0 Å². The summed E-state index contributed by atoms with van der Waals surface area (Å²) >= 11 is 0. The molecule has 2 atom stereocenters. The number of hydrogen-bond acceptors (Lipinski definition) is 4. The summed E-state index contributed by atoms with van der Waals surface area (Å²) in [5, 5.41) is 0. The van der Waals surface area contributed by atoms with E-state index in [0.717, 1.165) is 12.5 Å². The van der Waals surface area contributed by atoms with Crippen LogP contribution in [0.15, 0.2) is 29.3 Å². The zero-order valence-electron chi connectivity index (χ0n) is 10.6. The van der Waals surface area contributed by atoms with Gasteiger partial charge in [0.25, 0.3) is 0 Å². The van der Waals surface area contributed by atoms with Crippen LogP contribution >= 0.6 is 0 Å². The largest absolute Gasteiger partial charge is 0.473 e. The molecule has 0 saturated heterocycles. The van der Waals surface area contributed by atoms with E-state index in [2.05, 4.69) is 4.99 Å². The first-order valence-electron chi connectivity index (χ1n) is 5.95. The van der Waals surface area contributed by atoms with E-state index < -0.39 is 29.9 Å². The van der Waals surface area contributed by atoms with Gasteiger partial charge in [0.05, 0.1) is 12.2 Å². The van der Waals surface area contributed by atoms with Gasteiger partial charge in [0, 0.05) is 5.56 Å². The van der Waals surface area contributed by atoms with E-state index in [1.807, 2.05) is 0 Å². The number of aliphatic imine (C=N–C) groups is 1. The Morgan fingerprint density at radius 1 is 1.40 bits per heavy atom. The van der Waals surface area contributed by atoms with Gasteiger partial charge in [0.15, 0.2) is 18.5 Å². The highest BCUT2D eigenvalue weighted by Gasteiger charge is 2.41. The normalized spacial score (nSPS) is 21.6. The first-order valence-corrected chi connectivity index (χ1v) is 5.95. The van der Waals surface area contributed by atoms with Gasteiger partial charge >= 0.3 is 12.1 Å². The maximum Gasteiger partial charge on any atom is 0.416 e. The summed E-state index contributed by atoms with van der Waals surface area (Å²) in [6.45, 7) is 1.73. The predicted octanol–water partition coefficient (Wildman–Crippen LogP) is 2.74. The number of esters is 1. The minimum atomic E-state index is -4.53. The quantitative estimate of drug-likeness (QED) is 0.803.